The first-order chi connectivity index (χ1) is 27.9. The van der Waals surface area contributed by atoms with E-state index < -0.39 is 35.2 Å². The average molecular weight is 808 g/mol. The first kappa shape index (κ1) is 42.0. The maximum absolute atomic E-state index is 13.9. The second-order valence-corrected chi connectivity index (χ2v) is 17.0. The number of aromatic nitrogens is 4. The molecular weight excluding hydrogens is 755 g/mol. The second-order valence-electron chi connectivity index (χ2n) is 17.0. The van der Waals surface area contributed by atoms with Crippen molar-refractivity contribution in [1.29, 1.82) is 5.26 Å². The Kier molecular flexibility index (Phi) is 12.2. The highest BCUT2D eigenvalue weighted by Crippen LogP contribution is 2.33. The van der Waals surface area contributed by atoms with Crippen LogP contribution in [0.15, 0.2) is 67.0 Å². The van der Waals surface area contributed by atoms with E-state index in [0.29, 0.717) is 55.2 Å². The first-order valence-corrected chi connectivity index (χ1v) is 19.7. The van der Waals surface area contributed by atoms with Crippen molar-refractivity contribution in [1.82, 2.24) is 29.4 Å². The van der Waals surface area contributed by atoms with Crippen LogP contribution in [0.4, 0.5) is 38.3 Å². The van der Waals surface area contributed by atoms with Crippen molar-refractivity contribution >= 4 is 52.7 Å². The van der Waals surface area contributed by atoms with E-state index >= 15 is 0 Å². The minimum atomic E-state index is -0.703. The van der Waals surface area contributed by atoms with Gasteiger partial charge in [-0.25, -0.2) is 9.59 Å². The summed E-state index contributed by atoms with van der Waals surface area (Å²) in [5.74, 6) is -1.07. The number of primary amides is 1. The third kappa shape index (κ3) is 10.5. The lowest BCUT2D eigenvalue weighted by Crippen LogP contribution is -2.46. The number of carbonyl (C=O) groups excluding carboxylic acids is 4. The molecule has 4 heterocycles. The molecule has 17 heteroatoms. The Bertz CT molecular complexity index is 2200. The molecule has 312 valence electrons. The normalized spacial score (nSPS) is 19.6. The van der Waals surface area contributed by atoms with E-state index in [1.54, 1.807) is 60.8 Å². The fourth-order valence-electron chi connectivity index (χ4n) is 7.18. The first-order valence-electron chi connectivity index (χ1n) is 19.7. The minimum absolute atomic E-state index is 0.0307. The third-order valence-electron chi connectivity index (χ3n) is 10.0. The molecule has 0 saturated carbocycles. The molecule has 2 saturated heterocycles. The van der Waals surface area contributed by atoms with E-state index in [1.807, 2.05) is 55.8 Å². The van der Waals surface area contributed by atoms with E-state index in [9.17, 15) is 24.4 Å². The van der Waals surface area contributed by atoms with Crippen LogP contribution in [0.3, 0.4) is 0 Å². The molecular formula is C42H53N11O6. The fraction of sp³-hybridized carbons (Fsp3) is 0.452. The van der Waals surface area contributed by atoms with Crippen molar-refractivity contribution < 1.29 is 28.7 Å². The number of nitrogens with one attached hydrogen (secondary N) is 3. The molecule has 4 atom stereocenters. The van der Waals surface area contributed by atoms with Gasteiger partial charge in [-0.2, -0.15) is 15.5 Å². The van der Waals surface area contributed by atoms with Gasteiger partial charge in [-0.3, -0.25) is 19.0 Å². The second kappa shape index (κ2) is 17.1. The van der Waals surface area contributed by atoms with Crippen LogP contribution < -0.4 is 21.7 Å². The van der Waals surface area contributed by atoms with Gasteiger partial charge in [0, 0.05) is 55.6 Å². The summed E-state index contributed by atoms with van der Waals surface area (Å²) >= 11 is 0. The summed E-state index contributed by atoms with van der Waals surface area (Å²) in [6.45, 7) is 14.4. The summed E-state index contributed by atoms with van der Waals surface area (Å²) in [6, 6.07) is 18.1. The molecule has 0 radical (unpaired) electrons. The van der Waals surface area contributed by atoms with Gasteiger partial charge in [-0.15, -0.1) is 0 Å². The number of ether oxygens (including phenoxy) is 2. The summed E-state index contributed by atoms with van der Waals surface area (Å²) in [6.07, 6.45) is 3.47. The van der Waals surface area contributed by atoms with E-state index in [4.69, 9.17) is 20.3 Å². The quantitative estimate of drug-likeness (QED) is 0.134. The Balaban J connectivity index is 1.15. The molecule has 2 fully saturated rings. The maximum atomic E-state index is 13.9. The van der Waals surface area contributed by atoms with Crippen LogP contribution in [-0.2, 0) is 9.47 Å². The zero-order valence-electron chi connectivity index (χ0n) is 34.6. The number of benzene rings is 2. The molecule has 2 aliphatic rings. The smallest absolute Gasteiger partial charge is 0.410 e. The van der Waals surface area contributed by atoms with Gasteiger partial charge in [-0.1, -0.05) is 25.1 Å². The lowest BCUT2D eigenvalue weighted by Gasteiger charge is -2.37. The van der Waals surface area contributed by atoms with Crippen LogP contribution in [0.2, 0.25) is 0 Å². The molecule has 59 heavy (non-hydrogen) atoms. The predicted molar refractivity (Wildman–Crippen MR) is 222 cm³/mol. The van der Waals surface area contributed by atoms with E-state index in [2.05, 4.69) is 34.0 Å². The number of amides is 4. The molecule has 17 nitrogen and oxygen atoms in total. The van der Waals surface area contributed by atoms with Crippen LogP contribution >= 0.6 is 0 Å². The van der Waals surface area contributed by atoms with Gasteiger partial charge in [0.2, 0.25) is 0 Å². The SMILES string of the molecule is C[C@H]1CN(C(=O)OC(C)(C)C)CCC1n1cc(C(=O)Nc2ccc(Nc3nn(C4CCN(C(=O)OC(C)(C)C)C[C@H]4C#N)cc3C(N)=O)cc2)c(Nc2ccccc2)n1. The highest BCUT2D eigenvalue weighted by Gasteiger charge is 2.37. The van der Waals surface area contributed by atoms with Gasteiger partial charge in [0.05, 0.1) is 24.1 Å². The standard InChI is InChI=1S/C42H53N11O6/c1-26-22-50(39(56)58-41(2,3)4)19-17-33(26)52-25-32(37(49-52)45-28-11-9-8-10-12-28)38(55)47-30-15-13-29(14-16-30)46-36-31(35(44)54)24-53(48-36)34-18-20-51(23-27(34)21-43)40(57)59-42(5,6)7/h8-16,24-27,33-34H,17-20,22-23H2,1-7H3,(H2,44,54)(H,45,49)(H,46,48)(H,47,55)/t26-,27+,33?,34?/m0/s1. The minimum Gasteiger partial charge on any atom is -0.444 e. The number of nitrogens with two attached hydrogens (primary N) is 1. The maximum Gasteiger partial charge on any atom is 0.410 e. The molecule has 2 aromatic carbocycles. The van der Waals surface area contributed by atoms with Gasteiger partial charge in [-0.05, 0) is 96.7 Å². The van der Waals surface area contributed by atoms with Crippen molar-refractivity contribution in [3.63, 3.8) is 0 Å². The fourth-order valence-corrected chi connectivity index (χ4v) is 7.18. The number of piperidine rings is 2. The monoisotopic (exact) mass is 807 g/mol. The molecule has 2 aromatic heterocycles. The van der Waals surface area contributed by atoms with Crippen molar-refractivity contribution in [3.05, 3.63) is 78.1 Å². The molecule has 2 aliphatic heterocycles. The number of para-hydroxylation sites is 1. The summed E-state index contributed by atoms with van der Waals surface area (Å²) in [4.78, 5) is 55.1. The Morgan fingerprint density at radius 1 is 0.729 bits per heavy atom. The van der Waals surface area contributed by atoms with Gasteiger partial charge < -0.3 is 41.0 Å². The van der Waals surface area contributed by atoms with Crippen LogP contribution in [-0.4, -0.2) is 90.7 Å². The number of hydrogen-bond donors (Lipinski definition) is 4. The number of anilines is 5. The number of rotatable bonds is 9. The van der Waals surface area contributed by atoms with E-state index in [0.717, 1.165) is 5.69 Å². The lowest BCUT2D eigenvalue weighted by atomic mass is 9.94. The van der Waals surface area contributed by atoms with Crippen LogP contribution in [0, 0.1) is 23.2 Å². The van der Waals surface area contributed by atoms with Crippen LogP contribution in [0.5, 0.6) is 0 Å². The summed E-state index contributed by atoms with van der Waals surface area (Å²) in [7, 11) is 0. The van der Waals surface area contributed by atoms with Crippen molar-refractivity contribution in [3.8, 4) is 6.07 Å². The highest BCUT2D eigenvalue weighted by molar-refractivity contribution is 6.08. The Morgan fingerprint density at radius 2 is 1.22 bits per heavy atom. The molecule has 0 bridgehead atoms. The molecule has 6 rings (SSSR count). The third-order valence-corrected chi connectivity index (χ3v) is 10.0. The average Bonchev–Trinajstić information content (AvgIpc) is 3.79. The lowest BCUT2D eigenvalue weighted by molar-refractivity contribution is 0.0115. The molecule has 5 N–H and O–H groups in total. The molecule has 0 aliphatic carbocycles. The van der Waals surface area contributed by atoms with Crippen molar-refractivity contribution in [2.24, 2.45) is 17.6 Å². The van der Waals surface area contributed by atoms with E-state index in [-0.39, 0.29) is 41.9 Å². The Labute approximate surface area is 343 Å². The number of carbonyl (C=O) groups is 4. The van der Waals surface area contributed by atoms with Crippen LogP contribution in [0.1, 0.15) is 94.1 Å². The zero-order valence-corrected chi connectivity index (χ0v) is 34.6. The topological polar surface area (TPSA) is 215 Å². The van der Waals surface area contributed by atoms with Gasteiger partial charge in [0.1, 0.15) is 22.3 Å². The number of nitrogens with zero attached hydrogens (tertiary/aromatic N) is 7. The molecule has 0 spiro atoms. The molecule has 4 aromatic rings. The number of likely N-dealkylation sites (tertiary alicyclic amines) is 2. The predicted octanol–water partition coefficient (Wildman–Crippen LogP) is 7.06. The van der Waals surface area contributed by atoms with Gasteiger partial charge >= 0.3 is 12.2 Å². The van der Waals surface area contributed by atoms with Crippen molar-refractivity contribution in [2.45, 2.75) is 84.6 Å². The molecule has 4 amide bonds. The summed E-state index contributed by atoms with van der Waals surface area (Å²) in [5.41, 5.74) is 6.79. The van der Waals surface area contributed by atoms with Crippen LogP contribution in [0.25, 0.3) is 0 Å². The Morgan fingerprint density at radius 3 is 1.76 bits per heavy atom. The highest BCUT2D eigenvalue weighted by atomic mass is 16.6. The van der Waals surface area contributed by atoms with Gasteiger partial charge in [0.15, 0.2) is 11.6 Å². The van der Waals surface area contributed by atoms with Gasteiger partial charge in [0.25, 0.3) is 11.8 Å². The molecule has 2 unspecified atom stereocenters. The number of hydrogen-bond acceptors (Lipinski definition) is 11. The van der Waals surface area contributed by atoms with E-state index in [1.165, 1.54) is 11.1 Å². The summed E-state index contributed by atoms with van der Waals surface area (Å²) < 4.78 is 14.5. The zero-order chi connectivity index (χ0) is 42.6. The largest absolute Gasteiger partial charge is 0.444 e. The number of nitriles is 1. The van der Waals surface area contributed by atoms with Crippen molar-refractivity contribution in [2.75, 3.05) is 42.1 Å². The summed E-state index contributed by atoms with van der Waals surface area (Å²) in [5, 5.41) is 28.9. The Hall–Kier alpha value is -6.57.